The fourth-order valence-corrected chi connectivity index (χ4v) is 2.15. The molecule has 0 aliphatic carbocycles. The molecule has 120 valence electrons. The largest absolute Gasteiger partial charge is 0.456 e. The number of urea groups is 1. The Labute approximate surface area is 132 Å². The molecule has 0 unspecified atom stereocenters. The summed E-state index contributed by atoms with van der Waals surface area (Å²) < 4.78 is 4.70. The lowest BCUT2D eigenvalue weighted by Gasteiger charge is -2.09. The number of ether oxygens (including phenoxy) is 1. The van der Waals surface area contributed by atoms with Crippen molar-refractivity contribution in [3.8, 4) is 0 Å². The minimum absolute atomic E-state index is 0.0226. The minimum Gasteiger partial charge on any atom is -0.456 e. The molecule has 8 heteroatoms. The van der Waals surface area contributed by atoms with E-state index in [1.165, 1.54) is 11.3 Å². The Morgan fingerprint density at radius 3 is 2.55 bits per heavy atom. The Kier molecular flexibility index (Phi) is 7.24. The van der Waals surface area contributed by atoms with Gasteiger partial charge in [0.2, 0.25) is 0 Å². The first-order valence-corrected chi connectivity index (χ1v) is 7.59. The molecule has 0 aromatic carbocycles. The summed E-state index contributed by atoms with van der Waals surface area (Å²) in [6.45, 7) is 2.93. The Morgan fingerprint density at radius 1 is 1.23 bits per heavy atom. The quantitative estimate of drug-likeness (QED) is 0.584. The van der Waals surface area contributed by atoms with Crippen LogP contribution in [0.2, 0.25) is 0 Å². The Bertz CT molecular complexity index is 539. The van der Waals surface area contributed by atoms with Crippen molar-refractivity contribution in [3.63, 3.8) is 0 Å². The third kappa shape index (κ3) is 6.98. The average Bonchev–Trinajstić information content (AvgIpc) is 2.95. The van der Waals surface area contributed by atoms with E-state index in [-0.39, 0.29) is 24.7 Å². The molecule has 0 saturated carbocycles. The zero-order chi connectivity index (χ0) is 16.5. The van der Waals surface area contributed by atoms with Gasteiger partial charge in [0.05, 0.1) is 11.3 Å². The number of rotatable bonds is 7. The highest BCUT2D eigenvalue weighted by Crippen LogP contribution is 2.12. The molecule has 0 aliphatic rings. The van der Waals surface area contributed by atoms with Gasteiger partial charge in [-0.25, -0.2) is 4.79 Å². The number of hydrogen-bond acceptors (Lipinski definition) is 6. The number of imide groups is 1. The number of carbonyl (C=O) groups excluding carboxylic acids is 4. The van der Waals surface area contributed by atoms with Crippen LogP contribution >= 0.6 is 11.3 Å². The second-order valence-corrected chi connectivity index (χ2v) is 5.69. The van der Waals surface area contributed by atoms with Crippen molar-refractivity contribution in [1.82, 2.24) is 10.6 Å². The van der Waals surface area contributed by atoms with Gasteiger partial charge in [0, 0.05) is 12.5 Å². The van der Waals surface area contributed by atoms with Crippen molar-refractivity contribution in [2.24, 2.45) is 0 Å². The van der Waals surface area contributed by atoms with E-state index in [0.717, 1.165) is 0 Å². The lowest BCUT2D eigenvalue weighted by molar-refractivity contribution is -0.148. The summed E-state index contributed by atoms with van der Waals surface area (Å²) in [6.07, 6.45) is -0.0863. The van der Waals surface area contributed by atoms with Crippen LogP contribution in [0.1, 0.15) is 36.4 Å². The summed E-state index contributed by atoms with van der Waals surface area (Å²) in [5.74, 6) is -1.53. The van der Waals surface area contributed by atoms with Crippen LogP contribution in [0.15, 0.2) is 17.5 Å². The number of amides is 3. The first-order chi connectivity index (χ1) is 10.4. The molecule has 1 aromatic rings. The maximum absolute atomic E-state index is 11.7. The highest BCUT2D eigenvalue weighted by molar-refractivity contribution is 7.12. The molecule has 3 amide bonds. The zero-order valence-electron chi connectivity index (χ0n) is 12.4. The van der Waals surface area contributed by atoms with Crippen LogP contribution in [0.3, 0.4) is 0 Å². The van der Waals surface area contributed by atoms with Crippen LogP contribution in [-0.2, 0) is 14.3 Å². The van der Waals surface area contributed by atoms with E-state index in [1.807, 2.05) is 5.32 Å². The van der Waals surface area contributed by atoms with Crippen molar-refractivity contribution in [1.29, 1.82) is 0 Å². The Balaban J connectivity index is 2.21. The molecule has 1 rings (SSSR count). The predicted molar refractivity (Wildman–Crippen MR) is 80.7 cm³/mol. The fourth-order valence-electron chi connectivity index (χ4n) is 1.46. The van der Waals surface area contributed by atoms with Gasteiger partial charge in [-0.15, -0.1) is 11.3 Å². The van der Waals surface area contributed by atoms with Crippen LogP contribution < -0.4 is 10.6 Å². The lowest BCUT2D eigenvalue weighted by atomic mass is 10.2. The summed E-state index contributed by atoms with van der Waals surface area (Å²) in [6, 6.07) is 2.67. The molecular weight excluding hydrogens is 308 g/mol. The van der Waals surface area contributed by atoms with E-state index in [9.17, 15) is 19.2 Å². The van der Waals surface area contributed by atoms with E-state index < -0.39 is 24.5 Å². The second kappa shape index (κ2) is 8.93. The van der Waals surface area contributed by atoms with Gasteiger partial charge in [0.15, 0.2) is 12.4 Å². The molecule has 1 aromatic heterocycles. The molecule has 0 fully saturated rings. The SMILES string of the molecule is CC(C)NC(=O)NC(=O)COC(=O)CCC(=O)c1cccs1. The second-order valence-electron chi connectivity index (χ2n) is 4.74. The molecule has 0 spiro atoms. The van der Waals surface area contributed by atoms with E-state index >= 15 is 0 Å². The van der Waals surface area contributed by atoms with Crippen molar-refractivity contribution in [3.05, 3.63) is 22.4 Å². The van der Waals surface area contributed by atoms with Crippen molar-refractivity contribution >= 4 is 35.0 Å². The summed E-state index contributed by atoms with van der Waals surface area (Å²) in [5, 5.41) is 6.26. The van der Waals surface area contributed by atoms with Crippen LogP contribution in [0.4, 0.5) is 4.79 Å². The maximum Gasteiger partial charge on any atom is 0.321 e. The Morgan fingerprint density at radius 2 is 1.95 bits per heavy atom. The molecule has 0 aliphatic heterocycles. The van der Waals surface area contributed by atoms with Crippen LogP contribution in [0.25, 0.3) is 0 Å². The summed E-state index contributed by atoms with van der Waals surface area (Å²) in [4.78, 5) is 46.3. The molecule has 0 atom stereocenters. The average molecular weight is 326 g/mol. The molecule has 0 bridgehead atoms. The van der Waals surface area contributed by atoms with E-state index in [0.29, 0.717) is 4.88 Å². The molecule has 1 heterocycles. The van der Waals surface area contributed by atoms with Gasteiger partial charge in [0.1, 0.15) is 0 Å². The number of esters is 1. The van der Waals surface area contributed by atoms with Crippen molar-refractivity contribution < 1.29 is 23.9 Å². The number of nitrogens with one attached hydrogen (secondary N) is 2. The number of carbonyl (C=O) groups is 4. The van der Waals surface area contributed by atoms with Crippen LogP contribution in [0.5, 0.6) is 0 Å². The van der Waals surface area contributed by atoms with Gasteiger partial charge in [0.25, 0.3) is 5.91 Å². The first kappa shape index (κ1) is 17.8. The summed E-state index contributed by atoms with van der Waals surface area (Å²) >= 11 is 1.30. The fraction of sp³-hybridized carbons (Fsp3) is 0.429. The number of Topliss-reactive ketones (excluding diaryl/α,β-unsaturated/α-hetero) is 1. The third-order valence-electron chi connectivity index (χ3n) is 2.39. The molecule has 7 nitrogen and oxygen atoms in total. The van der Waals surface area contributed by atoms with Crippen LogP contribution in [-0.4, -0.2) is 36.3 Å². The highest BCUT2D eigenvalue weighted by Gasteiger charge is 2.14. The number of ketones is 1. The summed E-state index contributed by atoms with van der Waals surface area (Å²) in [7, 11) is 0. The van der Waals surface area contributed by atoms with Gasteiger partial charge in [-0.3, -0.25) is 19.7 Å². The van der Waals surface area contributed by atoms with E-state index in [2.05, 4.69) is 5.32 Å². The van der Waals surface area contributed by atoms with Crippen LogP contribution in [0, 0.1) is 0 Å². The third-order valence-corrected chi connectivity index (χ3v) is 3.30. The minimum atomic E-state index is -0.726. The van der Waals surface area contributed by atoms with Gasteiger partial charge in [-0.2, -0.15) is 0 Å². The monoisotopic (exact) mass is 326 g/mol. The van der Waals surface area contributed by atoms with Crippen molar-refractivity contribution in [2.45, 2.75) is 32.7 Å². The zero-order valence-corrected chi connectivity index (χ0v) is 13.2. The van der Waals surface area contributed by atoms with Gasteiger partial charge in [-0.1, -0.05) is 6.07 Å². The highest BCUT2D eigenvalue weighted by atomic mass is 32.1. The molecule has 0 saturated heterocycles. The van der Waals surface area contributed by atoms with Gasteiger partial charge in [-0.05, 0) is 25.3 Å². The van der Waals surface area contributed by atoms with E-state index in [4.69, 9.17) is 4.74 Å². The standard InChI is InChI=1S/C14H18N2O5S/c1-9(2)15-14(20)16-12(18)8-21-13(19)6-5-10(17)11-4-3-7-22-11/h3-4,7,9H,5-6,8H2,1-2H3,(H2,15,16,18,20). The first-order valence-electron chi connectivity index (χ1n) is 6.71. The maximum atomic E-state index is 11.7. The Hall–Kier alpha value is -2.22. The van der Waals surface area contributed by atoms with E-state index in [1.54, 1.807) is 31.4 Å². The predicted octanol–water partition coefficient (Wildman–Crippen LogP) is 1.49. The topological polar surface area (TPSA) is 102 Å². The molecular formula is C14H18N2O5S. The smallest absolute Gasteiger partial charge is 0.321 e. The number of hydrogen-bond donors (Lipinski definition) is 2. The lowest BCUT2D eigenvalue weighted by Crippen LogP contribution is -2.44. The van der Waals surface area contributed by atoms with Gasteiger partial charge < -0.3 is 10.1 Å². The van der Waals surface area contributed by atoms with Crippen molar-refractivity contribution in [2.75, 3.05) is 6.61 Å². The number of thiophene rings is 1. The molecule has 22 heavy (non-hydrogen) atoms. The summed E-state index contributed by atoms with van der Waals surface area (Å²) in [5.41, 5.74) is 0. The normalized spacial score (nSPS) is 10.1. The molecule has 2 N–H and O–H groups in total. The molecule has 0 radical (unpaired) electrons. The van der Waals surface area contributed by atoms with Gasteiger partial charge >= 0.3 is 12.0 Å².